The predicted octanol–water partition coefficient (Wildman–Crippen LogP) is 4.13. The number of carbonyl (C=O) groups excluding carboxylic acids is 1. The number of esters is 1. The molecule has 110 valence electrons. The number of nitrogens with zero attached hydrogens (tertiary/aromatic N) is 1. The Hall–Kier alpha value is -2.29. The van der Waals surface area contributed by atoms with E-state index in [2.05, 4.69) is 18.7 Å². The first-order valence-corrected chi connectivity index (χ1v) is 7.14. The Balaban J connectivity index is 2.65. The maximum Gasteiger partial charge on any atom is 0.355 e. The van der Waals surface area contributed by atoms with Crippen LogP contribution in [0.3, 0.4) is 0 Å². The number of hydrogen-bond acceptors (Lipinski definition) is 2. The smallest absolute Gasteiger partial charge is 0.355 e. The summed E-state index contributed by atoms with van der Waals surface area (Å²) in [7, 11) is 0. The zero-order valence-corrected chi connectivity index (χ0v) is 12.8. The molecule has 21 heavy (non-hydrogen) atoms. The lowest BCUT2D eigenvalue weighted by atomic mass is 10.0. The molecule has 0 spiro atoms. The molecule has 3 nitrogen and oxygen atoms in total. The number of hydrogen-bond donors (Lipinski definition) is 0. The predicted molar refractivity (Wildman–Crippen MR) is 85.5 cm³/mol. The van der Waals surface area contributed by atoms with E-state index < -0.39 is 0 Å². The minimum atomic E-state index is -0.276. The van der Waals surface area contributed by atoms with Gasteiger partial charge in [0.05, 0.1) is 6.61 Å². The number of allylic oxidation sites excluding steroid dienone is 1. The molecule has 0 aliphatic carbocycles. The Morgan fingerprint density at radius 2 is 1.95 bits per heavy atom. The fraction of sp³-hybridized carbons (Fsp3) is 0.278. The molecule has 0 aliphatic rings. The van der Waals surface area contributed by atoms with Crippen LogP contribution in [0.5, 0.6) is 0 Å². The van der Waals surface area contributed by atoms with Gasteiger partial charge in [-0.15, -0.1) is 6.58 Å². The van der Waals surface area contributed by atoms with Crippen molar-refractivity contribution in [3.63, 3.8) is 0 Å². The number of aromatic nitrogens is 1. The normalized spacial score (nSPS) is 10.4. The Morgan fingerprint density at radius 3 is 2.52 bits per heavy atom. The van der Waals surface area contributed by atoms with Gasteiger partial charge in [0.2, 0.25) is 0 Å². The molecule has 3 heteroatoms. The largest absolute Gasteiger partial charge is 0.461 e. The van der Waals surface area contributed by atoms with Gasteiger partial charge in [-0.3, -0.25) is 0 Å². The number of carbonyl (C=O) groups is 1. The highest BCUT2D eigenvalue weighted by Gasteiger charge is 2.23. The lowest BCUT2D eigenvalue weighted by Gasteiger charge is -2.09. The highest BCUT2D eigenvalue weighted by atomic mass is 16.5. The van der Waals surface area contributed by atoms with E-state index in [4.69, 9.17) is 4.74 Å². The first-order valence-electron chi connectivity index (χ1n) is 7.14. The summed E-state index contributed by atoms with van der Waals surface area (Å²) in [5, 5.41) is 0. The van der Waals surface area contributed by atoms with Crippen LogP contribution < -0.4 is 0 Å². The maximum absolute atomic E-state index is 12.3. The van der Waals surface area contributed by atoms with Gasteiger partial charge in [0.15, 0.2) is 0 Å². The first kappa shape index (κ1) is 15.1. The molecule has 0 N–H and O–H groups in total. The minimum absolute atomic E-state index is 0.276. The van der Waals surface area contributed by atoms with Crippen LogP contribution in [0.15, 0.2) is 43.0 Å². The Kier molecular flexibility index (Phi) is 4.63. The Morgan fingerprint density at radius 1 is 1.29 bits per heavy atom. The van der Waals surface area contributed by atoms with Gasteiger partial charge < -0.3 is 9.30 Å². The fourth-order valence-electron chi connectivity index (χ4n) is 2.75. The summed E-state index contributed by atoms with van der Waals surface area (Å²) < 4.78 is 7.18. The summed E-state index contributed by atoms with van der Waals surface area (Å²) in [4.78, 5) is 12.3. The third-order valence-corrected chi connectivity index (χ3v) is 3.61. The zero-order chi connectivity index (χ0) is 15.4. The van der Waals surface area contributed by atoms with Gasteiger partial charge in [0.25, 0.3) is 0 Å². The van der Waals surface area contributed by atoms with Crippen LogP contribution in [-0.4, -0.2) is 17.1 Å². The highest BCUT2D eigenvalue weighted by molar-refractivity contribution is 5.93. The molecule has 1 aromatic heterocycles. The number of ether oxygens (including phenoxy) is 1. The summed E-state index contributed by atoms with van der Waals surface area (Å²) in [6.45, 7) is 10.6. The Bertz CT molecular complexity index is 654. The van der Waals surface area contributed by atoms with Crippen LogP contribution in [0.1, 0.15) is 28.7 Å². The third kappa shape index (κ3) is 2.77. The van der Waals surface area contributed by atoms with Crippen molar-refractivity contribution >= 4 is 5.97 Å². The molecule has 0 amide bonds. The topological polar surface area (TPSA) is 31.2 Å². The van der Waals surface area contributed by atoms with Crippen LogP contribution in [-0.2, 0) is 11.3 Å². The van der Waals surface area contributed by atoms with Crippen LogP contribution in [0.25, 0.3) is 11.1 Å². The molecule has 0 aliphatic heterocycles. The molecule has 1 aromatic carbocycles. The molecular formula is C18H21NO2. The van der Waals surface area contributed by atoms with E-state index in [1.807, 2.05) is 43.5 Å². The van der Waals surface area contributed by atoms with E-state index in [0.717, 1.165) is 22.4 Å². The molecule has 0 fully saturated rings. The minimum Gasteiger partial charge on any atom is -0.461 e. The molecule has 2 aromatic rings. The van der Waals surface area contributed by atoms with Gasteiger partial charge in [0, 0.05) is 17.8 Å². The summed E-state index contributed by atoms with van der Waals surface area (Å²) in [6.07, 6.45) is 1.80. The summed E-state index contributed by atoms with van der Waals surface area (Å²) in [5.74, 6) is -0.276. The molecule has 0 radical (unpaired) electrons. The summed E-state index contributed by atoms with van der Waals surface area (Å²) in [5.41, 5.74) is 4.84. The van der Waals surface area contributed by atoms with E-state index >= 15 is 0 Å². The van der Waals surface area contributed by atoms with E-state index in [1.54, 1.807) is 6.08 Å². The van der Waals surface area contributed by atoms with Gasteiger partial charge in [0.1, 0.15) is 5.69 Å². The van der Waals surface area contributed by atoms with Crippen molar-refractivity contribution in [3.05, 3.63) is 59.9 Å². The van der Waals surface area contributed by atoms with E-state index in [1.165, 1.54) is 0 Å². The van der Waals surface area contributed by atoms with E-state index in [0.29, 0.717) is 18.8 Å². The van der Waals surface area contributed by atoms with Crippen LogP contribution in [0.4, 0.5) is 0 Å². The van der Waals surface area contributed by atoms with Crippen molar-refractivity contribution in [1.29, 1.82) is 0 Å². The van der Waals surface area contributed by atoms with Crippen molar-refractivity contribution in [2.75, 3.05) is 6.61 Å². The van der Waals surface area contributed by atoms with Gasteiger partial charge >= 0.3 is 5.97 Å². The van der Waals surface area contributed by atoms with E-state index in [9.17, 15) is 4.79 Å². The molecule has 0 atom stereocenters. The van der Waals surface area contributed by atoms with Crippen molar-refractivity contribution in [3.8, 4) is 11.1 Å². The average molecular weight is 283 g/mol. The summed E-state index contributed by atoms with van der Waals surface area (Å²) >= 11 is 0. The van der Waals surface area contributed by atoms with E-state index in [-0.39, 0.29) is 5.97 Å². The SMILES string of the molecule is C=CCn1c(C)c(-c2ccccc2)c(C)c1C(=O)OCC. The van der Waals surface area contributed by atoms with Crippen LogP contribution in [0, 0.1) is 13.8 Å². The quantitative estimate of drug-likeness (QED) is 0.610. The molecule has 1 heterocycles. The lowest BCUT2D eigenvalue weighted by molar-refractivity contribution is 0.0513. The van der Waals surface area contributed by atoms with Crippen molar-refractivity contribution in [2.45, 2.75) is 27.3 Å². The Labute approximate surface area is 125 Å². The second kappa shape index (κ2) is 6.44. The second-order valence-electron chi connectivity index (χ2n) is 4.92. The second-order valence-corrected chi connectivity index (χ2v) is 4.92. The third-order valence-electron chi connectivity index (χ3n) is 3.61. The molecule has 0 unspecified atom stereocenters. The zero-order valence-electron chi connectivity index (χ0n) is 12.8. The number of benzene rings is 1. The van der Waals surface area contributed by atoms with Crippen molar-refractivity contribution < 1.29 is 9.53 Å². The van der Waals surface area contributed by atoms with Crippen molar-refractivity contribution in [2.24, 2.45) is 0 Å². The standard InChI is InChI=1S/C18H21NO2/c1-5-12-19-14(4)16(15-10-8-7-9-11-15)13(3)17(19)18(20)21-6-2/h5,7-11H,1,6,12H2,2-4H3. The lowest BCUT2D eigenvalue weighted by Crippen LogP contribution is -2.13. The molecule has 0 bridgehead atoms. The van der Waals surface area contributed by atoms with Gasteiger partial charge in [-0.25, -0.2) is 4.79 Å². The molecular weight excluding hydrogens is 262 g/mol. The monoisotopic (exact) mass is 283 g/mol. The highest BCUT2D eigenvalue weighted by Crippen LogP contribution is 2.32. The first-order chi connectivity index (χ1) is 10.1. The fourth-order valence-corrected chi connectivity index (χ4v) is 2.75. The molecule has 2 rings (SSSR count). The van der Waals surface area contributed by atoms with Crippen LogP contribution in [0.2, 0.25) is 0 Å². The van der Waals surface area contributed by atoms with Crippen molar-refractivity contribution in [1.82, 2.24) is 4.57 Å². The van der Waals surface area contributed by atoms with Gasteiger partial charge in [-0.05, 0) is 31.9 Å². The molecule has 0 saturated heterocycles. The van der Waals surface area contributed by atoms with Gasteiger partial charge in [-0.2, -0.15) is 0 Å². The average Bonchev–Trinajstić information content (AvgIpc) is 2.72. The number of rotatable bonds is 5. The maximum atomic E-state index is 12.3. The summed E-state index contributed by atoms with van der Waals surface area (Å²) in [6, 6.07) is 10.1. The van der Waals surface area contributed by atoms with Crippen LogP contribution >= 0.6 is 0 Å². The van der Waals surface area contributed by atoms with Gasteiger partial charge in [-0.1, -0.05) is 36.4 Å². The molecule has 0 saturated carbocycles.